The molecule has 0 radical (unpaired) electrons. The van der Waals surface area contributed by atoms with Crippen LogP contribution in [0.5, 0.6) is 0 Å². The number of aromatic nitrogens is 1. The lowest BCUT2D eigenvalue weighted by Crippen LogP contribution is -2.40. The van der Waals surface area contributed by atoms with Crippen LogP contribution in [0.2, 0.25) is 0 Å². The Balaban J connectivity index is 1.54. The lowest BCUT2D eigenvalue weighted by atomic mass is 10.1. The standard InChI is InChI=1S/C28H27N3O4S2/c1-21(32)24-8-5-9-25(18-24)29-28-31(19-22-6-3-2-4-7-22)27(20-36-28)23-10-12-26(13-11-23)37(33,34)30-14-16-35-17-15-30/h2-13,18,20H,14-17,19H2,1H3. The minimum Gasteiger partial charge on any atom is -0.379 e. The molecule has 1 aromatic heterocycles. The highest BCUT2D eigenvalue weighted by molar-refractivity contribution is 7.89. The Labute approximate surface area is 220 Å². The zero-order valence-corrected chi connectivity index (χ0v) is 22.0. The molecule has 2 heterocycles. The van der Waals surface area contributed by atoms with Gasteiger partial charge in [-0.25, -0.2) is 13.4 Å². The molecule has 1 aliphatic rings. The van der Waals surface area contributed by atoms with Crippen LogP contribution in [0, 0.1) is 0 Å². The first kappa shape index (κ1) is 25.3. The molecule has 1 aliphatic heterocycles. The van der Waals surface area contributed by atoms with Crippen molar-refractivity contribution >= 4 is 32.8 Å². The van der Waals surface area contributed by atoms with Gasteiger partial charge in [0.05, 0.1) is 36.0 Å². The number of hydrogen-bond acceptors (Lipinski definition) is 6. The third kappa shape index (κ3) is 5.65. The quantitative estimate of drug-likeness (QED) is 0.322. The average molecular weight is 534 g/mol. The van der Waals surface area contributed by atoms with E-state index in [4.69, 9.17) is 9.73 Å². The van der Waals surface area contributed by atoms with Crippen LogP contribution in [0.3, 0.4) is 0 Å². The van der Waals surface area contributed by atoms with Crippen molar-refractivity contribution in [2.24, 2.45) is 4.99 Å². The summed E-state index contributed by atoms with van der Waals surface area (Å²) in [6, 6.07) is 24.4. The highest BCUT2D eigenvalue weighted by Gasteiger charge is 2.26. The van der Waals surface area contributed by atoms with Gasteiger partial charge in [-0.2, -0.15) is 4.31 Å². The summed E-state index contributed by atoms with van der Waals surface area (Å²) in [7, 11) is -3.56. The topological polar surface area (TPSA) is 81.0 Å². The van der Waals surface area contributed by atoms with Crippen LogP contribution < -0.4 is 4.80 Å². The van der Waals surface area contributed by atoms with Crippen LogP contribution in [-0.2, 0) is 21.3 Å². The van der Waals surface area contributed by atoms with E-state index in [1.165, 1.54) is 15.6 Å². The number of ether oxygens (including phenoxy) is 1. The predicted octanol–water partition coefficient (Wildman–Crippen LogP) is 4.72. The van der Waals surface area contributed by atoms with Crippen molar-refractivity contribution in [1.29, 1.82) is 0 Å². The lowest BCUT2D eigenvalue weighted by molar-refractivity contribution is 0.0730. The number of ketones is 1. The summed E-state index contributed by atoms with van der Waals surface area (Å²) >= 11 is 1.50. The van der Waals surface area contributed by atoms with E-state index in [0.717, 1.165) is 21.6 Å². The van der Waals surface area contributed by atoms with E-state index in [-0.39, 0.29) is 10.7 Å². The molecule has 0 bridgehead atoms. The monoisotopic (exact) mass is 533 g/mol. The van der Waals surface area contributed by atoms with E-state index in [9.17, 15) is 13.2 Å². The molecule has 0 unspecified atom stereocenters. The van der Waals surface area contributed by atoms with Gasteiger partial charge in [0.15, 0.2) is 10.6 Å². The molecule has 1 fully saturated rings. The van der Waals surface area contributed by atoms with Crippen molar-refractivity contribution in [3.05, 3.63) is 100 Å². The number of rotatable bonds is 7. The fourth-order valence-electron chi connectivity index (χ4n) is 4.21. The molecule has 0 spiro atoms. The van der Waals surface area contributed by atoms with Crippen LogP contribution in [0.25, 0.3) is 11.3 Å². The zero-order valence-electron chi connectivity index (χ0n) is 20.4. The third-order valence-corrected chi connectivity index (χ3v) is 8.99. The molecule has 0 saturated carbocycles. The Morgan fingerprint density at radius 1 is 0.973 bits per heavy atom. The first-order chi connectivity index (χ1) is 17.9. The van der Waals surface area contributed by atoms with Crippen molar-refractivity contribution in [3.63, 3.8) is 0 Å². The van der Waals surface area contributed by atoms with Crippen molar-refractivity contribution < 1.29 is 17.9 Å². The second kappa shape index (κ2) is 10.9. The maximum atomic E-state index is 13.1. The molecule has 190 valence electrons. The summed E-state index contributed by atoms with van der Waals surface area (Å²) in [4.78, 5) is 17.8. The second-order valence-electron chi connectivity index (χ2n) is 8.73. The van der Waals surface area contributed by atoms with Crippen molar-refractivity contribution in [1.82, 2.24) is 8.87 Å². The van der Waals surface area contributed by atoms with E-state index in [1.54, 1.807) is 31.2 Å². The van der Waals surface area contributed by atoms with Crippen molar-refractivity contribution in [2.45, 2.75) is 18.4 Å². The molecular weight excluding hydrogens is 506 g/mol. The molecule has 1 saturated heterocycles. The number of sulfonamides is 1. The van der Waals surface area contributed by atoms with Gasteiger partial charge in [0, 0.05) is 24.0 Å². The molecule has 5 rings (SSSR count). The minimum atomic E-state index is -3.56. The number of carbonyl (C=O) groups is 1. The highest BCUT2D eigenvalue weighted by Crippen LogP contribution is 2.25. The predicted molar refractivity (Wildman–Crippen MR) is 145 cm³/mol. The van der Waals surface area contributed by atoms with Gasteiger partial charge < -0.3 is 9.30 Å². The summed E-state index contributed by atoms with van der Waals surface area (Å²) in [5, 5.41) is 2.03. The Hall–Kier alpha value is -3.37. The van der Waals surface area contributed by atoms with Crippen LogP contribution in [0.4, 0.5) is 5.69 Å². The fraction of sp³-hybridized carbons (Fsp3) is 0.214. The molecule has 0 N–H and O–H groups in total. The number of carbonyl (C=O) groups excluding carboxylic acids is 1. The lowest BCUT2D eigenvalue weighted by Gasteiger charge is -2.26. The van der Waals surface area contributed by atoms with E-state index < -0.39 is 10.0 Å². The summed E-state index contributed by atoms with van der Waals surface area (Å²) in [6.07, 6.45) is 0. The first-order valence-corrected chi connectivity index (χ1v) is 14.3. The Bertz CT molecular complexity index is 1570. The number of thiazole rings is 1. The second-order valence-corrected chi connectivity index (χ2v) is 11.5. The van der Waals surface area contributed by atoms with Crippen LogP contribution in [-0.4, -0.2) is 49.4 Å². The molecule has 0 amide bonds. The normalized spacial score (nSPS) is 15.1. The van der Waals surface area contributed by atoms with Gasteiger partial charge in [0.2, 0.25) is 10.0 Å². The Kier molecular flexibility index (Phi) is 7.48. The van der Waals surface area contributed by atoms with E-state index in [2.05, 4.69) is 16.7 Å². The number of hydrogen-bond donors (Lipinski definition) is 0. The molecule has 4 aromatic rings. The zero-order chi connectivity index (χ0) is 25.8. The third-order valence-electron chi connectivity index (χ3n) is 6.22. The number of benzene rings is 3. The summed E-state index contributed by atoms with van der Waals surface area (Å²) in [5.74, 6) is -0.00629. The van der Waals surface area contributed by atoms with E-state index >= 15 is 0 Å². The van der Waals surface area contributed by atoms with Gasteiger partial charge in [-0.1, -0.05) is 54.6 Å². The molecule has 9 heteroatoms. The van der Waals surface area contributed by atoms with Gasteiger partial charge >= 0.3 is 0 Å². The maximum Gasteiger partial charge on any atom is 0.243 e. The average Bonchev–Trinajstić information content (AvgIpc) is 3.31. The number of morpholine rings is 1. The first-order valence-electron chi connectivity index (χ1n) is 12.0. The number of nitrogens with zero attached hydrogens (tertiary/aromatic N) is 3. The van der Waals surface area contributed by atoms with Gasteiger partial charge in [-0.3, -0.25) is 4.79 Å². The van der Waals surface area contributed by atoms with Crippen molar-refractivity contribution in [2.75, 3.05) is 26.3 Å². The molecule has 37 heavy (non-hydrogen) atoms. The molecular formula is C28H27N3O4S2. The summed E-state index contributed by atoms with van der Waals surface area (Å²) in [6.45, 7) is 3.68. The van der Waals surface area contributed by atoms with Gasteiger partial charge in [-0.05, 0) is 42.3 Å². The summed E-state index contributed by atoms with van der Waals surface area (Å²) < 4.78 is 35.0. The molecule has 0 atom stereocenters. The van der Waals surface area contributed by atoms with E-state index in [0.29, 0.717) is 44.1 Å². The maximum absolute atomic E-state index is 13.1. The van der Waals surface area contributed by atoms with Crippen LogP contribution in [0.15, 0.2) is 94.1 Å². The van der Waals surface area contributed by atoms with Gasteiger partial charge in [0.25, 0.3) is 0 Å². The van der Waals surface area contributed by atoms with Crippen LogP contribution in [0.1, 0.15) is 22.8 Å². The Morgan fingerprint density at radius 2 is 1.70 bits per heavy atom. The number of Topliss-reactive ketones (excluding diaryl/α,β-unsaturated/α-hetero) is 1. The summed E-state index contributed by atoms with van der Waals surface area (Å²) in [5.41, 5.74) is 4.27. The molecule has 0 aliphatic carbocycles. The van der Waals surface area contributed by atoms with Crippen molar-refractivity contribution in [3.8, 4) is 11.3 Å². The van der Waals surface area contributed by atoms with Gasteiger partial charge in [0.1, 0.15) is 0 Å². The Morgan fingerprint density at radius 3 is 2.41 bits per heavy atom. The molecule has 7 nitrogen and oxygen atoms in total. The SMILES string of the molecule is CC(=O)c1cccc(N=c2scc(-c3ccc(S(=O)(=O)N4CCOCC4)cc3)n2Cc2ccccc2)c1. The largest absolute Gasteiger partial charge is 0.379 e. The van der Waals surface area contributed by atoms with Gasteiger partial charge in [-0.15, -0.1) is 11.3 Å². The highest BCUT2D eigenvalue weighted by atomic mass is 32.2. The molecule has 3 aromatic carbocycles. The van der Waals surface area contributed by atoms with Crippen LogP contribution >= 0.6 is 11.3 Å². The smallest absolute Gasteiger partial charge is 0.243 e. The van der Waals surface area contributed by atoms with E-state index in [1.807, 2.05) is 47.8 Å². The fourth-order valence-corrected chi connectivity index (χ4v) is 6.54. The minimum absolute atomic E-state index is 0.00629.